The quantitative estimate of drug-likeness (QED) is 0.651. The van der Waals surface area contributed by atoms with Gasteiger partial charge in [-0.2, -0.15) is 10.2 Å². The predicted molar refractivity (Wildman–Crippen MR) is 73.4 cm³/mol. The Labute approximate surface area is 110 Å². The van der Waals surface area contributed by atoms with Crippen molar-refractivity contribution >= 4 is 22.4 Å². The second kappa shape index (κ2) is 5.11. The van der Waals surface area contributed by atoms with E-state index >= 15 is 0 Å². The molecule has 2 heterocycles. The van der Waals surface area contributed by atoms with Crippen LogP contribution in [0.15, 0.2) is 36.7 Å². The Morgan fingerprint density at radius 2 is 2.11 bits per heavy atom. The Morgan fingerprint density at radius 3 is 2.89 bits per heavy atom. The van der Waals surface area contributed by atoms with Gasteiger partial charge in [-0.25, -0.2) is 0 Å². The average molecular weight is 257 g/mol. The third-order valence-electron chi connectivity index (χ3n) is 3.07. The Kier molecular flexibility index (Phi) is 3.16. The summed E-state index contributed by atoms with van der Waals surface area (Å²) in [6.45, 7) is 0.870. The molecule has 0 saturated heterocycles. The minimum absolute atomic E-state index is 0.159. The highest BCUT2D eigenvalue weighted by Gasteiger charge is 2.13. The van der Waals surface area contributed by atoms with Crippen LogP contribution in [0, 0.1) is 0 Å². The first-order valence-corrected chi connectivity index (χ1v) is 6.20. The van der Waals surface area contributed by atoms with Crippen molar-refractivity contribution in [3.8, 4) is 0 Å². The van der Waals surface area contributed by atoms with E-state index in [0.717, 1.165) is 22.4 Å². The third kappa shape index (κ3) is 2.17. The number of fused-ring (bicyclic) bond motifs is 1. The van der Waals surface area contributed by atoms with Crippen LogP contribution in [0.3, 0.4) is 0 Å². The van der Waals surface area contributed by atoms with Gasteiger partial charge in [0.1, 0.15) is 5.82 Å². The van der Waals surface area contributed by atoms with E-state index in [1.165, 1.54) is 0 Å². The van der Waals surface area contributed by atoms with Crippen LogP contribution in [0.2, 0.25) is 0 Å². The molecule has 0 aliphatic carbocycles. The number of anilines is 2. The summed E-state index contributed by atoms with van der Waals surface area (Å²) in [4.78, 5) is 2.10. The smallest absolute Gasteiger partial charge is 0.128 e. The maximum atomic E-state index is 9.06. The Morgan fingerprint density at radius 1 is 1.16 bits per heavy atom. The second-order valence-corrected chi connectivity index (χ2v) is 4.28. The van der Waals surface area contributed by atoms with Crippen molar-refractivity contribution in [2.24, 2.45) is 0 Å². The summed E-state index contributed by atoms with van der Waals surface area (Å²) in [6.07, 6.45) is 4.22. The van der Waals surface area contributed by atoms with E-state index < -0.39 is 0 Å². The number of H-pyrrole nitrogens is 2. The molecule has 1 aromatic carbocycles. The molecule has 3 aromatic rings. The Balaban J connectivity index is 2.06. The van der Waals surface area contributed by atoms with E-state index in [2.05, 4.69) is 25.3 Å². The number of benzene rings is 1. The fourth-order valence-electron chi connectivity index (χ4n) is 2.19. The highest BCUT2D eigenvalue weighted by molar-refractivity contribution is 5.93. The minimum Gasteiger partial charge on any atom is -0.396 e. The van der Waals surface area contributed by atoms with Crippen molar-refractivity contribution in [3.63, 3.8) is 0 Å². The van der Waals surface area contributed by atoms with Crippen LogP contribution in [-0.4, -0.2) is 38.7 Å². The molecule has 0 bridgehead atoms. The molecule has 0 saturated carbocycles. The van der Waals surface area contributed by atoms with Gasteiger partial charge in [-0.15, -0.1) is 0 Å². The molecule has 0 atom stereocenters. The minimum atomic E-state index is 0.159. The summed E-state index contributed by atoms with van der Waals surface area (Å²) >= 11 is 0. The van der Waals surface area contributed by atoms with Gasteiger partial charge in [0.25, 0.3) is 0 Å². The number of rotatable bonds is 5. The fourth-order valence-corrected chi connectivity index (χ4v) is 2.19. The van der Waals surface area contributed by atoms with Crippen molar-refractivity contribution in [2.45, 2.75) is 6.42 Å². The van der Waals surface area contributed by atoms with Crippen molar-refractivity contribution in [2.75, 3.05) is 18.1 Å². The first kappa shape index (κ1) is 11.7. The van der Waals surface area contributed by atoms with Crippen LogP contribution >= 0.6 is 0 Å². The highest BCUT2D eigenvalue weighted by atomic mass is 16.3. The van der Waals surface area contributed by atoms with Gasteiger partial charge in [0, 0.05) is 24.6 Å². The first-order valence-electron chi connectivity index (χ1n) is 6.20. The summed E-state index contributed by atoms with van der Waals surface area (Å²) < 4.78 is 0. The van der Waals surface area contributed by atoms with Gasteiger partial charge in [0.2, 0.25) is 0 Å². The molecule has 19 heavy (non-hydrogen) atoms. The molecular weight excluding hydrogens is 242 g/mol. The van der Waals surface area contributed by atoms with Crippen molar-refractivity contribution in [1.29, 1.82) is 0 Å². The molecule has 0 unspecified atom stereocenters. The van der Waals surface area contributed by atoms with E-state index in [1.54, 1.807) is 6.20 Å². The molecule has 6 nitrogen and oxygen atoms in total. The van der Waals surface area contributed by atoms with E-state index in [-0.39, 0.29) is 6.61 Å². The van der Waals surface area contributed by atoms with Crippen LogP contribution in [-0.2, 0) is 0 Å². The van der Waals surface area contributed by atoms with Crippen molar-refractivity contribution < 1.29 is 5.11 Å². The van der Waals surface area contributed by atoms with Crippen molar-refractivity contribution in [1.82, 2.24) is 20.4 Å². The zero-order chi connectivity index (χ0) is 13.1. The number of aromatic nitrogens is 4. The molecule has 3 rings (SSSR count). The van der Waals surface area contributed by atoms with Gasteiger partial charge in [-0.3, -0.25) is 10.2 Å². The number of aromatic amines is 2. The fraction of sp³-hybridized carbons (Fsp3) is 0.231. The van der Waals surface area contributed by atoms with E-state index in [9.17, 15) is 0 Å². The highest BCUT2D eigenvalue weighted by Crippen LogP contribution is 2.30. The monoisotopic (exact) mass is 257 g/mol. The number of hydrogen-bond acceptors (Lipinski definition) is 4. The van der Waals surface area contributed by atoms with Crippen LogP contribution in [0.5, 0.6) is 0 Å². The number of nitrogens with one attached hydrogen (secondary N) is 2. The lowest BCUT2D eigenvalue weighted by molar-refractivity contribution is 0.291. The topological polar surface area (TPSA) is 80.8 Å². The predicted octanol–water partition coefficient (Wildman–Crippen LogP) is 1.81. The van der Waals surface area contributed by atoms with Crippen molar-refractivity contribution in [3.05, 3.63) is 36.7 Å². The zero-order valence-electron chi connectivity index (χ0n) is 10.4. The summed E-state index contributed by atoms with van der Waals surface area (Å²) in [5.74, 6) is 0.905. The van der Waals surface area contributed by atoms with Gasteiger partial charge >= 0.3 is 0 Å². The molecule has 0 amide bonds. The Hall–Kier alpha value is -2.34. The standard InChI is InChI=1S/C13H15N5O/c19-8-2-7-18(13-5-6-14-17-13)12-4-1-3-11-10(12)9-15-16-11/h1,3-6,9,19H,2,7-8H2,(H,14,17)(H,15,16). The summed E-state index contributed by atoms with van der Waals surface area (Å²) in [6, 6.07) is 7.92. The molecule has 0 aliphatic heterocycles. The Bertz CT molecular complexity index is 646. The molecule has 0 spiro atoms. The number of aliphatic hydroxyl groups is 1. The second-order valence-electron chi connectivity index (χ2n) is 4.28. The molecule has 0 aliphatic rings. The maximum absolute atomic E-state index is 9.06. The number of hydrogen-bond donors (Lipinski definition) is 3. The van der Waals surface area contributed by atoms with Gasteiger partial charge in [-0.05, 0) is 18.6 Å². The number of aliphatic hydroxyl groups excluding tert-OH is 1. The largest absolute Gasteiger partial charge is 0.396 e. The lowest BCUT2D eigenvalue weighted by Crippen LogP contribution is -2.20. The van der Waals surface area contributed by atoms with E-state index in [0.29, 0.717) is 13.0 Å². The molecule has 98 valence electrons. The molecule has 2 aromatic heterocycles. The zero-order valence-corrected chi connectivity index (χ0v) is 10.4. The normalized spacial score (nSPS) is 11.0. The average Bonchev–Trinajstić information content (AvgIpc) is 3.10. The van der Waals surface area contributed by atoms with E-state index in [1.807, 2.05) is 30.5 Å². The lowest BCUT2D eigenvalue weighted by Gasteiger charge is -2.23. The SMILES string of the molecule is OCCCN(c1ccn[nH]1)c1cccc2[nH]ncc12. The van der Waals surface area contributed by atoms with Crippen LogP contribution < -0.4 is 4.90 Å². The summed E-state index contributed by atoms with van der Waals surface area (Å²) in [5, 5.41) is 24.1. The lowest BCUT2D eigenvalue weighted by atomic mass is 10.2. The van der Waals surface area contributed by atoms with Gasteiger partial charge in [0.05, 0.1) is 23.6 Å². The third-order valence-corrected chi connectivity index (χ3v) is 3.07. The van der Waals surface area contributed by atoms with Crippen LogP contribution in [0.25, 0.3) is 10.9 Å². The molecule has 3 N–H and O–H groups in total. The van der Waals surface area contributed by atoms with E-state index in [4.69, 9.17) is 5.11 Å². The maximum Gasteiger partial charge on any atom is 0.128 e. The molecule has 0 radical (unpaired) electrons. The molecular formula is C13H15N5O. The van der Waals surface area contributed by atoms with Gasteiger partial charge < -0.3 is 10.0 Å². The summed E-state index contributed by atoms with van der Waals surface area (Å²) in [5.41, 5.74) is 2.04. The van der Waals surface area contributed by atoms with Gasteiger partial charge in [-0.1, -0.05) is 6.07 Å². The van der Waals surface area contributed by atoms with Gasteiger partial charge in [0.15, 0.2) is 0 Å². The van der Waals surface area contributed by atoms with Crippen LogP contribution in [0.4, 0.5) is 11.5 Å². The van der Waals surface area contributed by atoms with Crippen LogP contribution in [0.1, 0.15) is 6.42 Å². The summed E-state index contributed by atoms with van der Waals surface area (Å²) in [7, 11) is 0. The number of nitrogens with zero attached hydrogens (tertiary/aromatic N) is 3. The first-order chi connectivity index (χ1) is 9.40. The molecule has 0 fully saturated rings. The molecule has 6 heteroatoms.